The molecule has 9 N–H and O–H groups in total. The van der Waals surface area contributed by atoms with Gasteiger partial charge in [-0.15, -0.1) is 5.23 Å². The fourth-order valence-electron chi connectivity index (χ4n) is 7.12. The average molecular weight is 885 g/mol. The highest BCUT2D eigenvalue weighted by molar-refractivity contribution is 5.96. The summed E-state index contributed by atoms with van der Waals surface area (Å²) in [7, 11) is 2.59. The van der Waals surface area contributed by atoms with E-state index in [-0.39, 0.29) is 34.6 Å². The van der Waals surface area contributed by atoms with Gasteiger partial charge in [-0.3, -0.25) is 39.2 Å². The number of phenols is 1. The summed E-state index contributed by atoms with van der Waals surface area (Å²) in [5.41, 5.74) is -1.27. The Bertz CT molecular complexity index is 1960. The van der Waals surface area contributed by atoms with Crippen molar-refractivity contribution in [3.63, 3.8) is 0 Å². The summed E-state index contributed by atoms with van der Waals surface area (Å²) in [6.07, 6.45) is 8.02. The highest BCUT2D eigenvalue weighted by atomic mass is 16.8. The second kappa shape index (κ2) is 24.0. The summed E-state index contributed by atoms with van der Waals surface area (Å²) < 4.78 is 0. The third-order valence-electron chi connectivity index (χ3n) is 11.0. The summed E-state index contributed by atoms with van der Waals surface area (Å²) in [4.78, 5) is 94.0. The third-order valence-corrected chi connectivity index (χ3v) is 11.0. The number of unbranched alkanes of at least 4 members (excludes halogenated alkanes) is 6. The number of aliphatic hydroxyl groups is 1. The van der Waals surface area contributed by atoms with Gasteiger partial charge >= 0.3 is 5.97 Å². The van der Waals surface area contributed by atoms with Gasteiger partial charge in [0, 0.05) is 32.5 Å². The van der Waals surface area contributed by atoms with Gasteiger partial charge in [0.15, 0.2) is 0 Å². The number of anilines is 1. The number of hydrogen-bond acceptors (Lipinski definition) is 13. The number of hydrogen-bond donors (Lipinski definition) is 9. The molecule has 0 saturated carbocycles. The number of amides is 6. The van der Waals surface area contributed by atoms with E-state index in [1.54, 1.807) is 0 Å². The second-order valence-electron chi connectivity index (χ2n) is 16.4. The lowest BCUT2D eigenvalue weighted by Crippen LogP contribution is -2.55. The first kappa shape index (κ1) is 51.4. The van der Waals surface area contributed by atoms with Crippen molar-refractivity contribution in [1.82, 2.24) is 31.1 Å². The average Bonchev–Trinajstić information content (AvgIpc) is 3.22. The van der Waals surface area contributed by atoms with Gasteiger partial charge in [-0.05, 0) is 61.1 Å². The standard InChI is InChI=1S/C43H63N7O13/c1-24(2)14-12-10-8-7-9-11-13-15-35(53)48(5)33(23-51)41(58)45-25(3)39(56)44-22-36(54)49(6)37-28-16-17-34(52)29(21-28)30-18-27(20-32(38(30)55)50(62)63)19-31(43(60)61)47-40(57)26(4)46-42(37)59/h16-18,20-21,24-26,31,33,37,51-52,55,62-63H,7-15,19,22-23H2,1-6H3,(H,44,56)(H,45,58)(H,46,59)(H,47,57)(H,60,61)/p-1/t25-,26+,31?,33-,37?/m1/s1. The molecular weight excluding hydrogens is 823 g/mol. The van der Waals surface area contributed by atoms with Crippen LogP contribution >= 0.6 is 0 Å². The molecule has 1 aliphatic heterocycles. The van der Waals surface area contributed by atoms with Gasteiger partial charge in [-0.2, -0.15) is 0 Å². The number of phenolic OH excluding ortho intramolecular Hbond substituents is 1. The number of fused-ring (bicyclic) bond motifs is 5. The largest absolute Gasteiger partial charge is 0.871 e. The van der Waals surface area contributed by atoms with Gasteiger partial charge in [-0.1, -0.05) is 76.7 Å². The van der Waals surface area contributed by atoms with Gasteiger partial charge in [0.25, 0.3) is 0 Å². The van der Waals surface area contributed by atoms with Crippen LogP contribution in [-0.2, 0) is 40.0 Å². The molecule has 63 heavy (non-hydrogen) atoms. The van der Waals surface area contributed by atoms with E-state index < -0.39 is 108 Å². The first-order chi connectivity index (χ1) is 29.7. The Balaban J connectivity index is 1.74. The number of aliphatic hydroxyl groups excluding tert-OH is 1. The van der Waals surface area contributed by atoms with E-state index in [9.17, 15) is 64.4 Å². The molecule has 0 radical (unpaired) electrons. The van der Waals surface area contributed by atoms with Crippen LogP contribution in [0.3, 0.4) is 0 Å². The lowest BCUT2D eigenvalue weighted by molar-refractivity contribution is -0.267. The highest BCUT2D eigenvalue weighted by Crippen LogP contribution is 2.42. The van der Waals surface area contributed by atoms with Crippen LogP contribution in [0.5, 0.6) is 11.5 Å². The number of carboxylic acids is 1. The Morgan fingerprint density at radius 2 is 1.49 bits per heavy atom. The number of benzene rings is 2. The molecule has 5 atom stereocenters. The van der Waals surface area contributed by atoms with Crippen molar-refractivity contribution in [2.45, 2.75) is 122 Å². The zero-order chi connectivity index (χ0) is 47.1. The predicted molar refractivity (Wildman–Crippen MR) is 226 cm³/mol. The van der Waals surface area contributed by atoms with Crippen molar-refractivity contribution in [2.24, 2.45) is 5.92 Å². The Morgan fingerprint density at radius 1 is 0.857 bits per heavy atom. The summed E-state index contributed by atoms with van der Waals surface area (Å²) >= 11 is 0. The number of carboxylic acid groups (broad SMARTS) is 1. The van der Waals surface area contributed by atoms with Crippen LogP contribution in [-0.4, -0.2) is 128 Å². The van der Waals surface area contributed by atoms with Gasteiger partial charge in [-0.25, -0.2) is 4.79 Å². The maximum absolute atomic E-state index is 13.9. The molecule has 3 rings (SSSR count). The van der Waals surface area contributed by atoms with Crippen molar-refractivity contribution in [1.29, 1.82) is 0 Å². The molecule has 0 spiro atoms. The molecule has 2 aromatic rings. The molecule has 0 fully saturated rings. The number of likely N-dealkylation sites (N-methyl/N-ethyl adjacent to an activating group) is 2. The smallest absolute Gasteiger partial charge is 0.326 e. The van der Waals surface area contributed by atoms with Crippen LogP contribution in [0.1, 0.15) is 103 Å². The predicted octanol–water partition coefficient (Wildman–Crippen LogP) is 1.45. The van der Waals surface area contributed by atoms with Crippen molar-refractivity contribution in [2.75, 3.05) is 32.5 Å². The van der Waals surface area contributed by atoms with Gasteiger partial charge in [0.05, 0.1) is 18.8 Å². The fourth-order valence-corrected chi connectivity index (χ4v) is 7.12. The van der Waals surface area contributed by atoms with E-state index >= 15 is 0 Å². The minimum Gasteiger partial charge on any atom is -0.871 e. The zero-order valence-corrected chi connectivity index (χ0v) is 36.7. The van der Waals surface area contributed by atoms with Crippen molar-refractivity contribution < 1.29 is 64.4 Å². The molecule has 1 heterocycles. The van der Waals surface area contributed by atoms with Crippen LogP contribution in [0, 0.1) is 5.92 Å². The molecule has 348 valence electrons. The van der Waals surface area contributed by atoms with Crippen LogP contribution in [0.25, 0.3) is 11.1 Å². The van der Waals surface area contributed by atoms with E-state index in [0.29, 0.717) is 12.3 Å². The molecule has 1 aliphatic rings. The van der Waals surface area contributed by atoms with Crippen molar-refractivity contribution in [3.05, 3.63) is 41.5 Å². The normalized spacial score (nSPS) is 17.3. The van der Waals surface area contributed by atoms with E-state index in [1.807, 2.05) is 0 Å². The number of nitrogens with one attached hydrogen (secondary N) is 4. The summed E-state index contributed by atoms with van der Waals surface area (Å²) in [5.74, 6) is -7.08. The highest BCUT2D eigenvalue weighted by Gasteiger charge is 2.34. The molecule has 20 heteroatoms. The summed E-state index contributed by atoms with van der Waals surface area (Å²) in [6, 6.07) is -1.42. The van der Waals surface area contributed by atoms with Crippen molar-refractivity contribution >= 4 is 47.1 Å². The maximum Gasteiger partial charge on any atom is 0.326 e. The number of nitrogens with zero attached hydrogens (tertiary/aromatic N) is 3. The number of aromatic hydroxyl groups is 1. The van der Waals surface area contributed by atoms with E-state index in [1.165, 1.54) is 65.4 Å². The SMILES string of the molecule is CC(C)CCCCCCCCCC(=O)N(C)[C@H](CO)C(=O)N[C@H](C)C(=O)NCC(=O)N(C)C1C(=O)N[C@@H](C)C(=O)NC(C(=O)O)Cc2cc(c([O-])c(N(O)O)c2)-c2cc1ccc2O. The molecule has 0 aliphatic carbocycles. The zero-order valence-electron chi connectivity index (χ0n) is 36.7. The lowest BCUT2D eigenvalue weighted by Gasteiger charge is -2.31. The Hall–Kier alpha value is -5.99. The van der Waals surface area contributed by atoms with Crippen LogP contribution in [0.15, 0.2) is 30.3 Å². The van der Waals surface area contributed by atoms with Crippen LogP contribution < -0.4 is 31.6 Å². The van der Waals surface area contributed by atoms with Crippen LogP contribution in [0.2, 0.25) is 0 Å². The second-order valence-corrected chi connectivity index (χ2v) is 16.4. The molecule has 2 unspecified atom stereocenters. The van der Waals surface area contributed by atoms with Crippen molar-refractivity contribution in [3.8, 4) is 22.6 Å². The minimum absolute atomic E-state index is 0.00590. The Morgan fingerprint density at radius 3 is 2.10 bits per heavy atom. The van der Waals surface area contributed by atoms with Gasteiger partial charge in [0.2, 0.25) is 35.4 Å². The molecule has 20 nitrogen and oxygen atoms in total. The first-order valence-electron chi connectivity index (χ1n) is 21.1. The number of carbonyl (C=O) groups is 7. The monoisotopic (exact) mass is 884 g/mol. The van der Waals surface area contributed by atoms with E-state index in [4.69, 9.17) is 0 Å². The maximum atomic E-state index is 13.9. The lowest BCUT2D eigenvalue weighted by atomic mass is 9.93. The summed E-state index contributed by atoms with van der Waals surface area (Å²) in [5, 5.41) is 72.9. The number of aliphatic carboxylic acids is 1. The molecule has 0 saturated heterocycles. The number of carbonyl (C=O) groups excluding carboxylic acids is 6. The van der Waals surface area contributed by atoms with Crippen LogP contribution in [0.4, 0.5) is 5.69 Å². The summed E-state index contributed by atoms with van der Waals surface area (Å²) in [6.45, 7) is 5.56. The molecule has 4 bridgehead atoms. The third kappa shape index (κ3) is 14.5. The fraction of sp³-hybridized carbons (Fsp3) is 0.558. The molecule has 0 aromatic heterocycles. The number of rotatable bonds is 20. The minimum atomic E-state index is -1.63. The molecular formula is C43H62N7O13-. The van der Waals surface area contributed by atoms with E-state index in [0.717, 1.165) is 47.6 Å². The first-order valence-corrected chi connectivity index (χ1v) is 21.1. The Kier molecular flexibility index (Phi) is 19.6. The van der Waals surface area contributed by atoms with Gasteiger partial charge < -0.3 is 51.5 Å². The van der Waals surface area contributed by atoms with E-state index in [2.05, 4.69) is 35.1 Å². The quantitative estimate of drug-likeness (QED) is 0.0672. The Labute approximate surface area is 366 Å². The molecule has 2 aromatic carbocycles. The topological polar surface area (TPSA) is 302 Å². The van der Waals surface area contributed by atoms with Gasteiger partial charge in [0.1, 0.15) is 36.0 Å². The molecule has 6 amide bonds.